The quantitative estimate of drug-likeness (QED) is 0.651. The summed E-state index contributed by atoms with van der Waals surface area (Å²) in [5.41, 5.74) is 4.15. The third kappa shape index (κ3) is 3.54. The van der Waals surface area contributed by atoms with E-state index in [1.165, 1.54) is 12.1 Å². The second-order valence-corrected chi connectivity index (χ2v) is 5.47. The van der Waals surface area contributed by atoms with Crippen LogP contribution in [0.1, 0.15) is 17.2 Å². The Morgan fingerprint density at radius 2 is 2.00 bits per heavy atom. The average molecular weight is 344 g/mol. The fraction of sp³-hybridized carbons (Fsp3) is 0.143. The topological polar surface area (TPSA) is 38.0 Å². The van der Waals surface area contributed by atoms with E-state index < -0.39 is 0 Å². The van der Waals surface area contributed by atoms with E-state index in [2.05, 4.69) is 21.4 Å². The second-order valence-electron chi connectivity index (χ2n) is 4.18. The van der Waals surface area contributed by atoms with E-state index in [-0.39, 0.29) is 11.9 Å². The molecule has 0 saturated carbocycles. The van der Waals surface area contributed by atoms with Crippen molar-refractivity contribution in [3.8, 4) is 0 Å². The molecule has 2 rings (SSSR count). The molecule has 1 atom stereocenters. The zero-order valence-corrected chi connectivity index (χ0v) is 12.4. The number of benzene rings is 2. The molecule has 0 saturated heterocycles. The molecule has 0 heterocycles. The van der Waals surface area contributed by atoms with Crippen molar-refractivity contribution < 1.29 is 4.39 Å². The van der Waals surface area contributed by atoms with E-state index in [0.717, 1.165) is 10.0 Å². The van der Waals surface area contributed by atoms with Crippen molar-refractivity contribution in [3.05, 3.63) is 68.9 Å². The molecule has 0 radical (unpaired) electrons. The highest BCUT2D eigenvalue weighted by Crippen LogP contribution is 2.26. The Labute approximate surface area is 124 Å². The highest BCUT2D eigenvalue weighted by molar-refractivity contribution is 9.10. The highest BCUT2D eigenvalue weighted by atomic mass is 79.9. The van der Waals surface area contributed by atoms with Gasteiger partial charge >= 0.3 is 0 Å². The molecule has 100 valence electrons. The molecule has 5 heteroatoms. The van der Waals surface area contributed by atoms with Gasteiger partial charge in [0.05, 0.1) is 6.04 Å². The maximum absolute atomic E-state index is 13.8. The van der Waals surface area contributed by atoms with E-state index in [0.29, 0.717) is 17.0 Å². The molecule has 0 aliphatic heterocycles. The Hall–Kier alpha value is -0.940. The molecule has 0 bridgehead atoms. The molecule has 0 aliphatic rings. The number of hydrazine groups is 1. The van der Waals surface area contributed by atoms with Crippen molar-refractivity contribution in [2.45, 2.75) is 12.5 Å². The van der Waals surface area contributed by atoms with Gasteiger partial charge in [-0.25, -0.2) is 4.39 Å². The van der Waals surface area contributed by atoms with Crippen LogP contribution in [0.5, 0.6) is 0 Å². The Kier molecular flexibility index (Phi) is 4.93. The van der Waals surface area contributed by atoms with Crippen LogP contribution in [0.15, 0.2) is 46.9 Å². The zero-order chi connectivity index (χ0) is 13.8. The van der Waals surface area contributed by atoms with Crippen molar-refractivity contribution in [1.29, 1.82) is 0 Å². The molecule has 19 heavy (non-hydrogen) atoms. The minimum absolute atomic E-state index is 0.320. The minimum atomic E-state index is -0.336. The highest BCUT2D eigenvalue weighted by Gasteiger charge is 2.16. The van der Waals surface area contributed by atoms with Gasteiger partial charge in [-0.2, -0.15) is 0 Å². The summed E-state index contributed by atoms with van der Waals surface area (Å²) >= 11 is 9.38. The molecule has 0 fully saturated rings. The number of hydrogen-bond donors (Lipinski definition) is 2. The van der Waals surface area contributed by atoms with Crippen molar-refractivity contribution in [2.24, 2.45) is 5.84 Å². The number of nitrogens with two attached hydrogens (primary N) is 1. The summed E-state index contributed by atoms with van der Waals surface area (Å²) < 4.78 is 14.8. The van der Waals surface area contributed by atoms with E-state index in [1.54, 1.807) is 6.07 Å². The van der Waals surface area contributed by atoms with Crippen molar-refractivity contribution in [1.82, 2.24) is 5.43 Å². The Balaban J connectivity index is 2.30. The molecular weight excluding hydrogens is 331 g/mol. The van der Waals surface area contributed by atoms with E-state index in [9.17, 15) is 4.39 Å². The lowest BCUT2D eigenvalue weighted by Crippen LogP contribution is -2.30. The molecule has 2 aromatic rings. The van der Waals surface area contributed by atoms with E-state index >= 15 is 0 Å². The number of halogens is 3. The largest absolute Gasteiger partial charge is 0.271 e. The maximum atomic E-state index is 13.8. The Bertz CT molecular complexity index is 577. The van der Waals surface area contributed by atoms with Gasteiger partial charge in [-0.3, -0.25) is 11.3 Å². The van der Waals surface area contributed by atoms with Gasteiger partial charge in [-0.05, 0) is 36.2 Å². The summed E-state index contributed by atoms with van der Waals surface area (Å²) in [5.74, 6) is 5.23. The van der Waals surface area contributed by atoms with Crippen LogP contribution >= 0.6 is 27.5 Å². The number of rotatable bonds is 4. The fourth-order valence-electron chi connectivity index (χ4n) is 1.92. The Morgan fingerprint density at radius 3 is 2.68 bits per heavy atom. The van der Waals surface area contributed by atoms with Crippen molar-refractivity contribution in [2.75, 3.05) is 0 Å². The monoisotopic (exact) mass is 342 g/mol. The zero-order valence-electron chi connectivity index (χ0n) is 10.0. The van der Waals surface area contributed by atoms with Gasteiger partial charge in [0, 0.05) is 15.1 Å². The van der Waals surface area contributed by atoms with Crippen LogP contribution < -0.4 is 11.3 Å². The summed E-state index contributed by atoms with van der Waals surface area (Å²) in [6.45, 7) is 0. The first-order valence-electron chi connectivity index (χ1n) is 5.76. The minimum Gasteiger partial charge on any atom is -0.271 e. The standard InChI is InChI=1S/C14H13BrClFN2/c15-12-4-2-1-3-9(12)7-14(19-18)11-8-10(16)5-6-13(11)17/h1-6,8,14,19H,7,18H2. The first kappa shape index (κ1) is 14.5. The van der Waals surface area contributed by atoms with Gasteiger partial charge in [0.2, 0.25) is 0 Å². The van der Waals surface area contributed by atoms with Crippen LogP contribution in [-0.4, -0.2) is 0 Å². The third-order valence-electron chi connectivity index (χ3n) is 2.92. The lowest BCUT2D eigenvalue weighted by atomic mass is 9.99. The molecule has 3 N–H and O–H groups in total. The average Bonchev–Trinajstić information content (AvgIpc) is 2.41. The van der Waals surface area contributed by atoms with Crippen LogP contribution in [0.3, 0.4) is 0 Å². The van der Waals surface area contributed by atoms with Crippen LogP contribution in [0.4, 0.5) is 4.39 Å². The van der Waals surface area contributed by atoms with Gasteiger partial charge in [-0.15, -0.1) is 0 Å². The summed E-state index contributed by atoms with van der Waals surface area (Å²) in [4.78, 5) is 0. The van der Waals surface area contributed by atoms with Crippen LogP contribution in [-0.2, 0) is 6.42 Å². The van der Waals surface area contributed by atoms with Gasteiger partial charge in [-0.1, -0.05) is 45.7 Å². The van der Waals surface area contributed by atoms with Gasteiger partial charge in [0.25, 0.3) is 0 Å². The van der Waals surface area contributed by atoms with Crippen LogP contribution in [0, 0.1) is 5.82 Å². The molecule has 0 aliphatic carbocycles. The second kappa shape index (κ2) is 6.48. The summed E-state index contributed by atoms with van der Waals surface area (Å²) in [6.07, 6.45) is 0.565. The van der Waals surface area contributed by atoms with Gasteiger partial charge in [0.1, 0.15) is 5.82 Å². The molecule has 0 amide bonds. The SMILES string of the molecule is NNC(Cc1ccccc1Br)c1cc(Cl)ccc1F. The molecule has 0 spiro atoms. The molecular formula is C14H13BrClFN2. The summed E-state index contributed by atoms with van der Waals surface area (Å²) in [5, 5.41) is 0.490. The van der Waals surface area contributed by atoms with Crippen molar-refractivity contribution >= 4 is 27.5 Å². The van der Waals surface area contributed by atoms with Crippen LogP contribution in [0.25, 0.3) is 0 Å². The normalized spacial score (nSPS) is 12.4. The smallest absolute Gasteiger partial charge is 0.128 e. The van der Waals surface area contributed by atoms with E-state index in [4.69, 9.17) is 17.4 Å². The molecule has 1 unspecified atom stereocenters. The summed E-state index contributed by atoms with van der Waals surface area (Å²) in [6, 6.07) is 11.9. The van der Waals surface area contributed by atoms with Crippen molar-refractivity contribution in [3.63, 3.8) is 0 Å². The number of hydrogen-bond acceptors (Lipinski definition) is 2. The maximum Gasteiger partial charge on any atom is 0.128 e. The Morgan fingerprint density at radius 1 is 1.26 bits per heavy atom. The predicted octanol–water partition coefficient (Wildman–Crippen LogP) is 3.99. The van der Waals surface area contributed by atoms with Gasteiger partial charge in [0.15, 0.2) is 0 Å². The van der Waals surface area contributed by atoms with Gasteiger partial charge < -0.3 is 0 Å². The molecule has 2 aromatic carbocycles. The van der Waals surface area contributed by atoms with Crippen LogP contribution in [0.2, 0.25) is 5.02 Å². The lowest BCUT2D eigenvalue weighted by molar-refractivity contribution is 0.510. The predicted molar refractivity (Wildman–Crippen MR) is 79.3 cm³/mol. The third-order valence-corrected chi connectivity index (χ3v) is 3.93. The summed E-state index contributed by atoms with van der Waals surface area (Å²) in [7, 11) is 0. The molecule has 0 aromatic heterocycles. The first-order valence-corrected chi connectivity index (χ1v) is 6.93. The first-order chi connectivity index (χ1) is 9.11. The van der Waals surface area contributed by atoms with E-state index in [1.807, 2.05) is 24.3 Å². The number of nitrogens with one attached hydrogen (secondary N) is 1. The lowest BCUT2D eigenvalue weighted by Gasteiger charge is -2.18. The molecule has 2 nitrogen and oxygen atoms in total. The fourth-order valence-corrected chi connectivity index (χ4v) is 2.55.